The fraction of sp³-hybridized carbons (Fsp3) is 0. The number of halogens is 1. The lowest BCUT2D eigenvalue weighted by molar-refractivity contribution is 0.100. The summed E-state index contributed by atoms with van der Waals surface area (Å²) in [7, 11) is 0. The Bertz CT molecular complexity index is 624. The minimum absolute atomic E-state index is 0.268. The highest BCUT2D eigenvalue weighted by Gasteiger charge is 2.11. The summed E-state index contributed by atoms with van der Waals surface area (Å²) in [6.07, 6.45) is 0. The van der Waals surface area contributed by atoms with E-state index in [1.807, 2.05) is 0 Å². The number of nitrogens with two attached hydrogens (primary N) is 1. The van der Waals surface area contributed by atoms with Gasteiger partial charge in [0.1, 0.15) is 0 Å². The van der Waals surface area contributed by atoms with E-state index >= 15 is 0 Å². The Morgan fingerprint density at radius 3 is 2.26 bits per heavy atom. The van der Waals surface area contributed by atoms with Crippen molar-refractivity contribution < 1.29 is 9.59 Å². The second-order valence-electron chi connectivity index (χ2n) is 3.87. The molecule has 0 aromatic heterocycles. The first kappa shape index (κ1) is 13.1. The van der Waals surface area contributed by atoms with Crippen LogP contribution in [0.3, 0.4) is 0 Å². The molecule has 96 valence electrons. The molecule has 4 nitrogen and oxygen atoms in total. The molecule has 2 aromatic rings. The molecule has 0 radical (unpaired) electrons. The molecule has 0 saturated heterocycles. The third kappa shape index (κ3) is 3.11. The first-order valence-electron chi connectivity index (χ1n) is 5.53. The fourth-order valence-electron chi connectivity index (χ4n) is 1.60. The van der Waals surface area contributed by atoms with E-state index in [-0.39, 0.29) is 11.5 Å². The average molecular weight is 275 g/mol. The molecule has 0 spiro atoms. The van der Waals surface area contributed by atoms with Crippen molar-refractivity contribution in [1.82, 2.24) is 0 Å². The van der Waals surface area contributed by atoms with E-state index in [2.05, 4.69) is 5.32 Å². The number of anilines is 1. The molecule has 0 atom stereocenters. The molecule has 2 aromatic carbocycles. The van der Waals surface area contributed by atoms with E-state index in [0.717, 1.165) is 0 Å². The molecular weight excluding hydrogens is 264 g/mol. The number of hydrogen-bond donors (Lipinski definition) is 2. The average Bonchev–Trinajstić information content (AvgIpc) is 2.39. The fourth-order valence-corrected chi connectivity index (χ4v) is 1.73. The topological polar surface area (TPSA) is 72.2 Å². The molecule has 0 heterocycles. The van der Waals surface area contributed by atoms with Crippen molar-refractivity contribution in [2.75, 3.05) is 5.32 Å². The second kappa shape index (κ2) is 5.54. The van der Waals surface area contributed by atoms with Gasteiger partial charge in [-0.15, -0.1) is 0 Å². The normalized spacial score (nSPS) is 9.95. The number of carbonyl (C=O) groups excluding carboxylic acids is 2. The van der Waals surface area contributed by atoms with Crippen molar-refractivity contribution in [3.8, 4) is 0 Å². The maximum absolute atomic E-state index is 12.0. The second-order valence-corrected chi connectivity index (χ2v) is 4.31. The Labute approximate surface area is 115 Å². The summed E-state index contributed by atoms with van der Waals surface area (Å²) in [5.41, 5.74) is 6.34. The minimum atomic E-state index is -0.591. The van der Waals surface area contributed by atoms with Crippen LogP contribution in [0.25, 0.3) is 0 Å². The van der Waals surface area contributed by atoms with Crippen LogP contribution in [0, 0.1) is 0 Å². The van der Waals surface area contributed by atoms with E-state index < -0.39 is 5.91 Å². The van der Waals surface area contributed by atoms with Gasteiger partial charge < -0.3 is 11.1 Å². The maximum Gasteiger partial charge on any atom is 0.255 e. The van der Waals surface area contributed by atoms with Crippen molar-refractivity contribution in [2.45, 2.75) is 0 Å². The van der Waals surface area contributed by atoms with Gasteiger partial charge in [-0.05, 0) is 36.4 Å². The Hall–Kier alpha value is -2.33. The predicted molar refractivity (Wildman–Crippen MR) is 74.4 cm³/mol. The van der Waals surface area contributed by atoms with E-state index in [4.69, 9.17) is 17.3 Å². The van der Waals surface area contributed by atoms with Crippen molar-refractivity contribution in [1.29, 1.82) is 0 Å². The number of nitrogens with one attached hydrogen (secondary N) is 1. The maximum atomic E-state index is 12.0. The Morgan fingerprint density at radius 1 is 1.00 bits per heavy atom. The monoisotopic (exact) mass is 274 g/mol. The van der Waals surface area contributed by atoms with Gasteiger partial charge >= 0.3 is 0 Å². The molecule has 3 N–H and O–H groups in total. The first-order valence-corrected chi connectivity index (χ1v) is 5.91. The zero-order valence-electron chi connectivity index (χ0n) is 9.89. The van der Waals surface area contributed by atoms with Crippen LogP contribution < -0.4 is 11.1 Å². The van der Waals surface area contributed by atoms with Crippen molar-refractivity contribution in [2.24, 2.45) is 5.73 Å². The first-order chi connectivity index (χ1) is 9.08. The van der Waals surface area contributed by atoms with Crippen LogP contribution in [0.4, 0.5) is 5.69 Å². The van der Waals surface area contributed by atoms with Crippen LogP contribution in [-0.2, 0) is 0 Å². The van der Waals surface area contributed by atoms with Crippen LogP contribution in [-0.4, -0.2) is 11.8 Å². The van der Waals surface area contributed by atoms with Crippen molar-refractivity contribution in [3.05, 3.63) is 64.7 Å². The van der Waals surface area contributed by atoms with Crippen molar-refractivity contribution >= 4 is 29.1 Å². The molecule has 0 aliphatic carbocycles. The van der Waals surface area contributed by atoms with E-state index in [1.54, 1.807) is 48.5 Å². The van der Waals surface area contributed by atoms with Crippen LogP contribution in [0.5, 0.6) is 0 Å². The van der Waals surface area contributed by atoms with Gasteiger partial charge in [0.05, 0.1) is 11.3 Å². The highest BCUT2D eigenvalue weighted by atomic mass is 35.5. The van der Waals surface area contributed by atoms with Gasteiger partial charge in [0.25, 0.3) is 11.8 Å². The predicted octanol–water partition coefficient (Wildman–Crippen LogP) is 2.69. The molecule has 5 heteroatoms. The quantitative estimate of drug-likeness (QED) is 0.903. The van der Waals surface area contributed by atoms with E-state index in [1.165, 1.54) is 0 Å². The zero-order valence-corrected chi connectivity index (χ0v) is 10.6. The van der Waals surface area contributed by atoms with Gasteiger partial charge in [-0.1, -0.05) is 23.7 Å². The Balaban J connectivity index is 2.24. The molecule has 0 saturated carbocycles. The number of rotatable bonds is 3. The van der Waals surface area contributed by atoms with Gasteiger partial charge in [-0.3, -0.25) is 9.59 Å². The zero-order chi connectivity index (χ0) is 13.8. The lowest BCUT2D eigenvalue weighted by atomic mass is 10.1. The third-order valence-corrected chi connectivity index (χ3v) is 2.80. The number of para-hydroxylation sites is 1. The third-order valence-electron chi connectivity index (χ3n) is 2.55. The molecule has 19 heavy (non-hydrogen) atoms. The van der Waals surface area contributed by atoms with Crippen molar-refractivity contribution in [3.63, 3.8) is 0 Å². The van der Waals surface area contributed by atoms with Gasteiger partial charge in [0, 0.05) is 10.6 Å². The minimum Gasteiger partial charge on any atom is -0.366 e. The summed E-state index contributed by atoms with van der Waals surface area (Å²) in [6, 6.07) is 13.0. The van der Waals surface area contributed by atoms with Crippen LogP contribution in [0.15, 0.2) is 48.5 Å². The smallest absolute Gasteiger partial charge is 0.255 e. The van der Waals surface area contributed by atoms with Gasteiger partial charge in [-0.2, -0.15) is 0 Å². The Morgan fingerprint density at radius 2 is 1.63 bits per heavy atom. The summed E-state index contributed by atoms with van der Waals surface area (Å²) in [4.78, 5) is 23.2. The lowest BCUT2D eigenvalue weighted by Crippen LogP contribution is -2.18. The van der Waals surface area contributed by atoms with Gasteiger partial charge in [-0.25, -0.2) is 0 Å². The lowest BCUT2D eigenvalue weighted by Gasteiger charge is -2.08. The molecule has 2 rings (SSSR count). The molecule has 0 fully saturated rings. The molecule has 0 bridgehead atoms. The standard InChI is InChI=1S/C14H11ClN2O2/c15-10-7-5-9(6-8-10)14(19)17-12-4-2-1-3-11(12)13(16)18/h1-8H,(H2,16,18)(H,17,19). The van der Waals surface area contributed by atoms with Crippen LogP contribution in [0.1, 0.15) is 20.7 Å². The summed E-state index contributed by atoms with van der Waals surface area (Å²) in [5.74, 6) is -0.919. The number of carbonyl (C=O) groups is 2. The van der Waals surface area contributed by atoms with Gasteiger partial charge in [0.15, 0.2) is 0 Å². The van der Waals surface area contributed by atoms with E-state index in [9.17, 15) is 9.59 Å². The Kier molecular flexibility index (Phi) is 3.82. The SMILES string of the molecule is NC(=O)c1ccccc1NC(=O)c1ccc(Cl)cc1. The summed E-state index contributed by atoms with van der Waals surface area (Å²) in [6.45, 7) is 0. The summed E-state index contributed by atoms with van der Waals surface area (Å²) >= 11 is 5.75. The number of amides is 2. The molecule has 0 unspecified atom stereocenters. The number of benzene rings is 2. The highest BCUT2D eigenvalue weighted by molar-refractivity contribution is 6.30. The molecule has 0 aliphatic rings. The summed E-state index contributed by atoms with van der Waals surface area (Å²) in [5, 5.41) is 3.19. The van der Waals surface area contributed by atoms with Crippen LogP contribution in [0.2, 0.25) is 5.02 Å². The van der Waals surface area contributed by atoms with Crippen LogP contribution >= 0.6 is 11.6 Å². The largest absolute Gasteiger partial charge is 0.366 e. The highest BCUT2D eigenvalue weighted by Crippen LogP contribution is 2.16. The van der Waals surface area contributed by atoms with E-state index in [0.29, 0.717) is 16.3 Å². The molecule has 0 aliphatic heterocycles. The number of hydrogen-bond acceptors (Lipinski definition) is 2. The summed E-state index contributed by atoms with van der Waals surface area (Å²) < 4.78 is 0. The molecule has 2 amide bonds. The number of primary amides is 1. The van der Waals surface area contributed by atoms with Gasteiger partial charge in [0.2, 0.25) is 0 Å². The molecular formula is C14H11ClN2O2.